The van der Waals surface area contributed by atoms with E-state index in [0.717, 1.165) is 27.3 Å². The van der Waals surface area contributed by atoms with Crippen molar-refractivity contribution in [3.05, 3.63) is 52.0 Å². The minimum Gasteiger partial charge on any atom is -0.495 e. The highest BCUT2D eigenvalue weighted by atomic mass is 35.5. The van der Waals surface area contributed by atoms with Gasteiger partial charge in [0.15, 0.2) is 0 Å². The second-order valence-electron chi connectivity index (χ2n) is 6.41. The van der Waals surface area contributed by atoms with E-state index in [1.807, 2.05) is 32.9 Å². The number of sulfonamides is 1. The third-order valence-corrected chi connectivity index (χ3v) is 5.40. The van der Waals surface area contributed by atoms with Gasteiger partial charge in [-0.1, -0.05) is 29.3 Å². The van der Waals surface area contributed by atoms with Crippen LogP contribution in [0.4, 0.5) is 11.4 Å². The van der Waals surface area contributed by atoms with Gasteiger partial charge in [0.05, 0.1) is 19.1 Å². The normalized spacial score (nSPS) is 11.2. The number of nitrogens with zero attached hydrogens (tertiary/aromatic N) is 1. The number of carbonyl (C=O) groups excluding carboxylic acids is 1. The number of halogens is 1. The molecule has 27 heavy (non-hydrogen) atoms. The summed E-state index contributed by atoms with van der Waals surface area (Å²) in [5, 5.41) is 3.15. The Labute approximate surface area is 165 Å². The van der Waals surface area contributed by atoms with Crippen LogP contribution in [0.5, 0.6) is 5.75 Å². The van der Waals surface area contributed by atoms with E-state index in [1.165, 1.54) is 13.2 Å². The lowest BCUT2D eigenvalue weighted by Gasteiger charge is -2.24. The van der Waals surface area contributed by atoms with E-state index in [-0.39, 0.29) is 5.69 Å². The van der Waals surface area contributed by atoms with Gasteiger partial charge in [-0.2, -0.15) is 0 Å². The molecule has 146 valence electrons. The number of methoxy groups -OCH3 is 1. The predicted molar refractivity (Wildman–Crippen MR) is 109 cm³/mol. The van der Waals surface area contributed by atoms with Gasteiger partial charge >= 0.3 is 0 Å². The largest absolute Gasteiger partial charge is 0.495 e. The molecule has 6 nitrogen and oxygen atoms in total. The quantitative estimate of drug-likeness (QED) is 0.788. The van der Waals surface area contributed by atoms with Gasteiger partial charge in [-0.3, -0.25) is 9.10 Å². The third kappa shape index (κ3) is 5.14. The molecular formula is C19H23ClN2O4S. The number of benzene rings is 2. The minimum atomic E-state index is -3.75. The van der Waals surface area contributed by atoms with Crippen molar-refractivity contribution < 1.29 is 17.9 Å². The number of amides is 1. The number of ether oxygens (including phenoxy) is 1. The Hall–Kier alpha value is -2.25. The maximum atomic E-state index is 12.6. The predicted octanol–water partition coefficient (Wildman–Crippen LogP) is 3.68. The fourth-order valence-corrected chi connectivity index (χ4v) is 3.94. The molecule has 0 unspecified atom stereocenters. The first-order valence-electron chi connectivity index (χ1n) is 8.22. The SMILES string of the molecule is COc1ccc(Cl)cc1N(CC(=O)Nc1c(C)cc(C)cc1C)S(C)(=O)=O. The summed E-state index contributed by atoms with van der Waals surface area (Å²) in [7, 11) is -2.32. The van der Waals surface area contributed by atoms with E-state index in [0.29, 0.717) is 16.5 Å². The Kier molecular flexibility index (Phi) is 6.38. The summed E-state index contributed by atoms with van der Waals surface area (Å²) < 4.78 is 30.9. The average molecular weight is 411 g/mol. The zero-order valence-electron chi connectivity index (χ0n) is 16.0. The van der Waals surface area contributed by atoms with Crippen LogP contribution in [0.25, 0.3) is 0 Å². The molecule has 0 saturated heterocycles. The van der Waals surface area contributed by atoms with Crippen molar-refractivity contribution in [2.24, 2.45) is 0 Å². The molecule has 0 fully saturated rings. The standard InChI is InChI=1S/C19H23ClN2O4S/c1-12-8-13(2)19(14(3)9-12)21-18(23)11-22(27(5,24)25)16-10-15(20)6-7-17(16)26-4/h6-10H,11H2,1-5H3,(H,21,23). The average Bonchev–Trinajstić information content (AvgIpc) is 2.55. The molecule has 0 saturated carbocycles. The van der Waals surface area contributed by atoms with Crippen molar-refractivity contribution in [2.75, 3.05) is 29.5 Å². The van der Waals surface area contributed by atoms with E-state index in [9.17, 15) is 13.2 Å². The first-order valence-corrected chi connectivity index (χ1v) is 10.4. The lowest BCUT2D eigenvalue weighted by Crippen LogP contribution is -2.37. The molecule has 0 radical (unpaired) electrons. The molecule has 2 rings (SSSR count). The summed E-state index contributed by atoms with van der Waals surface area (Å²) in [5.74, 6) is -0.155. The van der Waals surface area contributed by atoms with Gasteiger partial charge in [0.25, 0.3) is 0 Å². The second-order valence-corrected chi connectivity index (χ2v) is 8.75. The van der Waals surface area contributed by atoms with Gasteiger partial charge < -0.3 is 10.1 Å². The molecule has 0 spiro atoms. The lowest BCUT2D eigenvalue weighted by molar-refractivity contribution is -0.114. The number of nitrogens with one attached hydrogen (secondary N) is 1. The molecule has 0 aliphatic carbocycles. The van der Waals surface area contributed by atoms with Gasteiger partial charge in [0.2, 0.25) is 15.9 Å². The van der Waals surface area contributed by atoms with Crippen LogP contribution in [0.2, 0.25) is 5.02 Å². The van der Waals surface area contributed by atoms with Crippen molar-refractivity contribution in [1.82, 2.24) is 0 Å². The maximum absolute atomic E-state index is 12.6. The first-order chi connectivity index (χ1) is 12.5. The van der Waals surface area contributed by atoms with Crippen molar-refractivity contribution >= 4 is 38.9 Å². The van der Waals surface area contributed by atoms with Gasteiger partial charge in [0.1, 0.15) is 12.3 Å². The molecule has 0 aliphatic rings. The third-order valence-electron chi connectivity index (χ3n) is 4.04. The summed E-state index contributed by atoms with van der Waals surface area (Å²) >= 11 is 6.01. The Balaban J connectivity index is 2.36. The highest BCUT2D eigenvalue weighted by Gasteiger charge is 2.24. The summed E-state index contributed by atoms with van der Waals surface area (Å²) in [6.07, 6.45) is 1.03. The highest BCUT2D eigenvalue weighted by molar-refractivity contribution is 7.92. The number of hydrogen-bond donors (Lipinski definition) is 1. The van der Waals surface area contributed by atoms with Crippen LogP contribution in [0.15, 0.2) is 30.3 Å². The fraction of sp³-hybridized carbons (Fsp3) is 0.316. The molecular weight excluding hydrogens is 388 g/mol. The number of rotatable bonds is 6. The second kappa shape index (κ2) is 8.19. The Morgan fingerprint density at radius 2 is 1.74 bits per heavy atom. The van der Waals surface area contributed by atoms with Crippen LogP contribution < -0.4 is 14.4 Å². The summed E-state index contributed by atoms with van der Waals surface area (Å²) in [4.78, 5) is 12.6. The Morgan fingerprint density at radius 1 is 1.15 bits per heavy atom. The first kappa shape index (κ1) is 21.1. The zero-order valence-corrected chi connectivity index (χ0v) is 17.5. The van der Waals surface area contributed by atoms with Gasteiger partial charge in [0, 0.05) is 10.7 Å². The number of hydrogen-bond acceptors (Lipinski definition) is 4. The zero-order chi connectivity index (χ0) is 20.4. The van der Waals surface area contributed by atoms with Gasteiger partial charge in [-0.25, -0.2) is 8.42 Å². The molecule has 0 bridgehead atoms. The smallest absolute Gasteiger partial charge is 0.245 e. The molecule has 2 aromatic carbocycles. The van der Waals surface area contributed by atoms with Crippen LogP contribution in [0, 0.1) is 20.8 Å². The summed E-state index contributed by atoms with van der Waals surface area (Å²) in [6.45, 7) is 5.36. The van der Waals surface area contributed by atoms with E-state index in [4.69, 9.17) is 16.3 Å². The van der Waals surface area contributed by atoms with Crippen LogP contribution in [-0.2, 0) is 14.8 Å². The van der Waals surface area contributed by atoms with Gasteiger partial charge in [-0.15, -0.1) is 0 Å². The molecule has 0 heterocycles. The molecule has 0 aliphatic heterocycles. The van der Waals surface area contributed by atoms with E-state index in [1.54, 1.807) is 12.1 Å². The van der Waals surface area contributed by atoms with E-state index in [2.05, 4.69) is 5.32 Å². The highest BCUT2D eigenvalue weighted by Crippen LogP contribution is 2.33. The van der Waals surface area contributed by atoms with Crippen molar-refractivity contribution in [2.45, 2.75) is 20.8 Å². The fourth-order valence-electron chi connectivity index (χ4n) is 2.93. The monoisotopic (exact) mass is 410 g/mol. The molecule has 1 amide bonds. The summed E-state index contributed by atoms with van der Waals surface area (Å²) in [5.41, 5.74) is 3.79. The van der Waals surface area contributed by atoms with Crippen LogP contribution >= 0.6 is 11.6 Å². The molecule has 8 heteroatoms. The summed E-state index contributed by atoms with van der Waals surface area (Å²) in [6, 6.07) is 8.51. The van der Waals surface area contributed by atoms with Gasteiger partial charge in [-0.05, 0) is 50.1 Å². The molecule has 0 aromatic heterocycles. The van der Waals surface area contributed by atoms with E-state index < -0.39 is 22.5 Å². The molecule has 0 atom stereocenters. The van der Waals surface area contributed by atoms with E-state index >= 15 is 0 Å². The topological polar surface area (TPSA) is 75.7 Å². The van der Waals surface area contributed by atoms with Crippen LogP contribution in [0.1, 0.15) is 16.7 Å². The van der Waals surface area contributed by atoms with Crippen LogP contribution in [0.3, 0.4) is 0 Å². The van der Waals surface area contributed by atoms with Crippen LogP contribution in [-0.4, -0.2) is 34.2 Å². The van der Waals surface area contributed by atoms with Crippen molar-refractivity contribution in [3.8, 4) is 5.75 Å². The number of carbonyl (C=O) groups is 1. The maximum Gasteiger partial charge on any atom is 0.245 e. The Morgan fingerprint density at radius 3 is 2.26 bits per heavy atom. The lowest BCUT2D eigenvalue weighted by atomic mass is 10.1. The van der Waals surface area contributed by atoms with Crippen molar-refractivity contribution in [1.29, 1.82) is 0 Å². The molecule has 2 aromatic rings. The number of anilines is 2. The minimum absolute atomic E-state index is 0.208. The molecule has 1 N–H and O–H groups in total. The Bertz CT molecular complexity index is 951. The van der Waals surface area contributed by atoms with Crippen molar-refractivity contribution in [3.63, 3.8) is 0 Å². The number of aryl methyl sites for hydroxylation is 3.